The zero-order valence-corrected chi connectivity index (χ0v) is 15.5. The quantitative estimate of drug-likeness (QED) is 0.653. The molecule has 0 amide bonds. The lowest BCUT2D eigenvalue weighted by Crippen LogP contribution is -2.26. The number of rotatable bonds is 8. The van der Waals surface area contributed by atoms with Crippen molar-refractivity contribution in [2.24, 2.45) is 0 Å². The Balaban J connectivity index is 1.65. The molecule has 0 bridgehead atoms. The van der Waals surface area contributed by atoms with E-state index in [4.69, 9.17) is 9.47 Å². The van der Waals surface area contributed by atoms with E-state index >= 15 is 0 Å². The molecule has 0 unspecified atom stereocenters. The molecule has 8 heteroatoms. The fourth-order valence-corrected chi connectivity index (χ4v) is 3.63. The van der Waals surface area contributed by atoms with Crippen molar-refractivity contribution in [2.75, 3.05) is 20.3 Å². The first-order valence-corrected chi connectivity index (χ1v) is 9.75. The molecule has 2 aromatic heterocycles. The zero-order valence-electron chi connectivity index (χ0n) is 14.7. The van der Waals surface area contributed by atoms with Gasteiger partial charge in [-0.05, 0) is 43.3 Å². The summed E-state index contributed by atoms with van der Waals surface area (Å²) >= 11 is 0. The van der Waals surface area contributed by atoms with Gasteiger partial charge in [-0.25, -0.2) is 18.1 Å². The molecule has 1 N–H and O–H groups in total. The highest BCUT2D eigenvalue weighted by Crippen LogP contribution is 2.19. The summed E-state index contributed by atoms with van der Waals surface area (Å²) < 4.78 is 39.8. The van der Waals surface area contributed by atoms with Crippen molar-refractivity contribution in [1.82, 2.24) is 14.1 Å². The van der Waals surface area contributed by atoms with Gasteiger partial charge in [0.15, 0.2) is 11.4 Å². The molecule has 0 spiro atoms. The van der Waals surface area contributed by atoms with Gasteiger partial charge in [0.05, 0.1) is 24.3 Å². The molecule has 0 saturated carbocycles. The van der Waals surface area contributed by atoms with E-state index in [0.29, 0.717) is 30.2 Å². The molecule has 3 aromatic rings. The third-order valence-electron chi connectivity index (χ3n) is 3.84. The number of aromatic nitrogens is 2. The van der Waals surface area contributed by atoms with Crippen molar-refractivity contribution >= 4 is 15.7 Å². The summed E-state index contributed by atoms with van der Waals surface area (Å²) in [5, 5.41) is 0. The van der Waals surface area contributed by atoms with Gasteiger partial charge in [0.25, 0.3) is 0 Å². The van der Waals surface area contributed by atoms with Crippen molar-refractivity contribution < 1.29 is 17.9 Å². The van der Waals surface area contributed by atoms with Crippen LogP contribution < -0.4 is 14.2 Å². The summed E-state index contributed by atoms with van der Waals surface area (Å²) in [6.45, 7) is 2.66. The van der Waals surface area contributed by atoms with E-state index in [0.717, 1.165) is 5.69 Å². The van der Waals surface area contributed by atoms with Crippen LogP contribution in [-0.4, -0.2) is 38.1 Å². The molecule has 138 valence electrons. The second-order valence-corrected chi connectivity index (χ2v) is 7.36. The van der Waals surface area contributed by atoms with Crippen LogP contribution in [0, 0.1) is 0 Å². The first-order valence-electron chi connectivity index (χ1n) is 8.26. The van der Waals surface area contributed by atoms with Crippen molar-refractivity contribution in [3.8, 4) is 11.5 Å². The van der Waals surface area contributed by atoms with E-state index in [1.165, 1.54) is 12.1 Å². The summed E-state index contributed by atoms with van der Waals surface area (Å²) in [7, 11) is -1.98. The second-order valence-electron chi connectivity index (χ2n) is 5.59. The van der Waals surface area contributed by atoms with E-state index in [9.17, 15) is 8.42 Å². The number of ether oxygens (including phenoxy) is 2. The predicted octanol–water partition coefficient (Wildman–Crippen LogP) is 2.26. The molecular weight excluding hydrogens is 354 g/mol. The van der Waals surface area contributed by atoms with Gasteiger partial charge in [0.2, 0.25) is 10.0 Å². The highest BCUT2D eigenvalue weighted by Gasteiger charge is 2.14. The molecule has 2 heterocycles. The van der Waals surface area contributed by atoms with Crippen LogP contribution in [-0.2, 0) is 16.4 Å². The van der Waals surface area contributed by atoms with Crippen LogP contribution in [0.15, 0.2) is 53.7 Å². The molecule has 0 saturated heterocycles. The number of pyridine rings is 1. The zero-order chi connectivity index (χ0) is 18.6. The number of benzene rings is 1. The molecule has 0 radical (unpaired) electrons. The maximum atomic E-state index is 12.4. The molecule has 0 aliphatic heterocycles. The van der Waals surface area contributed by atoms with E-state index < -0.39 is 10.0 Å². The second kappa shape index (κ2) is 7.76. The first-order chi connectivity index (χ1) is 12.5. The van der Waals surface area contributed by atoms with Crippen LogP contribution in [0.2, 0.25) is 0 Å². The number of hydrogen-bond donors (Lipinski definition) is 1. The van der Waals surface area contributed by atoms with Gasteiger partial charge in [-0.2, -0.15) is 0 Å². The van der Waals surface area contributed by atoms with E-state index in [1.807, 2.05) is 35.9 Å². The molecule has 0 aliphatic rings. The Morgan fingerprint density at radius 3 is 2.65 bits per heavy atom. The van der Waals surface area contributed by atoms with Gasteiger partial charge in [-0.15, -0.1) is 0 Å². The van der Waals surface area contributed by atoms with Gasteiger partial charge < -0.3 is 13.9 Å². The van der Waals surface area contributed by atoms with Gasteiger partial charge in [0.1, 0.15) is 5.75 Å². The summed E-state index contributed by atoms with van der Waals surface area (Å²) in [4.78, 5) is 4.70. The molecule has 0 fully saturated rings. The van der Waals surface area contributed by atoms with Crippen LogP contribution in [0.3, 0.4) is 0 Å². The highest BCUT2D eigenvalue weighted by atomic mass is 32.2. The highest BCUT2D eigenvalue weighted by molar-refractivity contribution is 7.89. The lowest BCUT2D eigenvalue weighted by Gasteiger charge is -2.07. The van der Waals surface area contributed by atoms with Gasteiger partial charge in [-0.1, -0.05) is 0 Å². The molecule has 26 heavy (non-hydrogen) atoms. The number of fused-ring (bicyclic) bond motifs is 1. The monoisotopic (exact) mass is 375 g/mol. The number of imidazole rings is 1. The van der Waals surface area contributed by atoms with Crippen molar-refractivity contribution in [1.29, 1.82) is 0 Å². The maximum Gasteiger partial charge on any atom is 0.240 e. The SMILES string of the molecule is CCOc1ccc(S(=O)(=O)NCCc2cn3cccc(OC)c3n2)cc1. The lowest BCUT2D eigenvalue weighted by atomic mass is 10.3. The van der Waals surface area contributed by atoms with Gasteiger partial charge in [0, 0.05) is 25.4 Å². The normalized spacial score (nSPS) is 11.6. The Morgan fingerprint density at radius 1 is 1.19 bits per heavy atom. The van der Waals surface area contributed by atoms with E-state index in [-0.39, 0.29) is 11.4 Å². The Labute approximate surface area is 152 Å². The molecule has 0 aliphatic carbocycles. The fourth-order valence-electron chi connectivity index (χ4n) is 2.60. The van der Waals surface area contributed by atoms with Crippen LogP contribution in [0.5, 0.6) is 11.5 Å². The molecular formula is C18H21N3O4S. The number of hydrogen-bond acceptors (Lipinski definition) is 5. The third kappa shape index (κ3) is 3.97. The van der Waals surface area contributed by atoms with E-state index in [2.05, 4.69) is 9.71 Å². The van der Waals surface area contributed by atoms with Crippen molar-refractivity contribution in [2.45, 2.75) is 18.2 Å². The van der Waals surface area contributed by atoms with Crippen LogP contribution in [0.25, 0.3) is 5.65 Å². The summed E-state index contributed by atoms with van der Waals surface area (Å²) in [6.07, 6.45) is 4.21. The van der Waals surface area contributed by atoms with Crippen molar-refractivity contribution in [3.05, 3.63) is 54.5 Å². The Kier molecular flexibility index (Phi) is 5.43. The Bertz CT molecular complexity index is 981. The maximum absolute atomic E-state index is 12.4. The smallest absolute Gasteiger partial charge is 0.240 e. The number of nitrogens with zero attached hydrogens (tertiary/aromatic N) is 2. The predicted molar refractivity (Wildman–Crippen MR) is 98.2 cm³/mol. The molecule has 7 nitrogen and oxygen atoms in total. The molecule has 1 aromatic carbocycles. The summed E-state index contributed by atoms with van der Waals surface area (Å²) in [5.41, 5.74) is 1.49. The third-order valence-corrected chi connectivity index (χ3v) is 5.31. The Hall–Kier alpha value is -2.58. The topological polar surface area (TPSA) is 81.9 Å². The minimum atomic E-state index is -3.57. The minimum absolute atomic E-state index is 0.206. The standard InChI is InChI=1S/C18H21N3O4S/c1-3-25-15-6-8-16(9-7-15)26(22,23)19-11-10-14-13-21-12-4-5-17(24-2)18(21)20-14/h4-9,12-13,19H,3,10-11H2,1-2H3. The molecule has 3 rings (SSSR count). The van der Waals surface area contributed by atoms with Gasteiger partial charge >= 0.3 is 0 Å². The van der Waals surface area contributed by atoms with Crippen LogP contribution >= 0.6 is 0 Å². The average molecular weight is 375 g/mol. The summed E-state index contributed by atoms with van der Waals surface area (Å²) in [6, 6.07) is 10.1. The van der Waals surface area contributed by atoms with Crippen molar-refractivity contribution in [3.63, 3.8) is 0 Å². The number of sulfonamides is 1. The van der Waals surface area contributed by atoms with Gasteiger partial charge in [-0.3, -0.25) is 0 Å². The molecule has 0 atom stereocenters. The minimum Gasteiger partial charge on any atom is -0.494 e. The number of nitrogens with one attached hydrogen (secondary N) is 1. The van der Waals surface area contributed by atoms with E-state index in [1.54, 1.807) is 19.2 Å². The lowest BCUT2D eigenvalue weighted by molar-refractivity contribution is 0.340. The average Bonchev–Trinajstić information content (AvgIpc) is 3.05. The van der Waals surface area contributed by atoms with Crippen LogP contribution in [0.1, 0.15) is 12.6 Å². The van der Waals surface area contributed by atoms with Crippen LogP contribution in [0.4, 0.5) is 0 Å². The summed E-state index contributed by atoms with van der Waals surface area (Å²) in [5.74, 6) is 1.32. The largest absolute Gasteiger partial charge is 0.494 e. The number of methoxy groups -OCH3 is 1. The first kappa shape index (κ1) is 18.2. The Morgan fingerprint density at radius 2 is 1.96 bits per heavy atom. The fraction of sp³-hybridized carbons (Fsp3) is 0.278.